The summed E-state index contributed by atoms with van der Waals surface area (Å²) in [5, 5.41) is 29.7. The second-order valence-corrected chi connectivity index (χ2v) is 3.29. The van der Waals surface area contributed by atoms with Gasteiger partial charge in [0, 0.05) is 40.3 Å². The number of hydrogen-bond donors (Lipinski definition) is 6. The predicted molar refractivity (Wildman–Crippen MR) is 75.9 cm³/mol. The Labute approximate surface area is 123 Å². The Morgan fingerprint density at radius 1 is 0.762 bits per heavy atom. The summed E-state index contributed by atoms with van der Waals surface area (Å²) in [6, 6.07) is 0.162. The quantitative estimate of drug-likeness (QED) is 0.371. The van der Waals surface area contributed by atoms with Crippen LogP contribution in [0.5, 0.6) is 0 Å². The Hall–Kier alpha value is -2.20. The van der Waals surface area contributed by atoms with Crippen molar-refractivity contribution in [3.63, 3.8) is 0 Å². The average molecular weight is 314 g/mol. The smallest absolute Gasteiger partial charge is 0.300 e. The lowest BCUT2D eigenvalue weighted by Crippen LogP contribution is -2.25. The normalized spacial score (nSPS) is 8.33. The molecule has 0 aromatic heterocycles. The lowest BCUT2D eigenvalue weighted by Gasteiger charge is -1.92. The van der Waals surface area contributed by atoms with Crippen molar-refractivity contribution in [1.29, 1.82) is 0 Å². The van der Waals surface area contributed by atoms with Crippen molar-refractivity contribution in [2.75, 3.05) is 6.54 Å². The largest absolute Gasteiger partial charge is 0.481 e. The molecule has 0 saturated carbocycles. The third-order valence-corrected chi connectivity index (χ3v) is 0.372. The van der Waals surface area contributed by atoms with Crippen molar-refractivity contribution >= 4 is 23.9 Å². The van der Waals surface area contributed by atoms with E-state index in [4.69, 9.17) is 51.1 Å². The van der Waals surface area contributed by atoms with Crippen LogP contribution in [0.3, 0.4) is 0 Å². The maximum absolute atomic E-state index is 9.00. The van der Waals surface area contributed by atoms with Gasteiger partial charge in [-0.15, -0.1) is 0 Å². The third-order valence-electron chi connectivity index (χ3n) is 0.372. The Kier molecular flexibility index (Phi) is 39.3. The summed E-state index contributed by atoms with van der Waals surface area (Å²) in [5.74, 6) is -3.33. The highest BCUT2D eigenvalue weighted by Crippen LogP contribution is 1.59. The summed E-state index contributed by atoms with van der Waals surface area (Å²) < 4.78 is 0. The Balaban J connectivity index is -0.0000000510. The fraction of sp³-hybridized carbons (Fsp3) is 0.636. The first-order valence-electron chi connectivity index (χ1n) is 5.44. The van der Waals surface area contributed by atoms with Crippen LogP contribution in [0.4, 0.5) is 0 Å². The van der Waals surface area contributed by atoms with Crippen LogP contribution in [0.2, 0.25) is 0 Å². The molecule has 0 aliphatic heterocycles. The molecule has 0 spiro atoms. The summed E-state index contributed by atoms with van der Waals surface area (Å²) in [6.07, 6.45) is 0. The van der Waals surface area contributed by atoms with Crippen LogP contribution in [0.15, 0.2) is 0 Å². The molecule has 0 aromatic carbocycles. The van der Waals surface area contributed by atoms with Gasteiger partial charge in [0.25, 0.3) is 23.9 Å². The molecule has 0 saturated heterocycles. The summed E-state index contributed by atoms with van der Waals surface area (Å²) in [7, 11) is 0. The first-order chi connectivity index (χ1) is 9.20. The molecule has 10 nitrogen and oxygen atoms in total. The van der Waals surface area contributed by atoms with Crippen LogP contribution in [0.25, 0.3) is 0 Å². The SMILES string of the molecule is CC(=O)O.CC(=O)O.CC(=O)O.CC(=O)O.C[C@H](N)CN. The molecule has 0 aliphatic carbocycles. The maximum Gasteiger partial charge on any atom is 0.300 e. The molecule has 0 unspecified atom stereocenters. The molecule has 21 heavy (non-hydrogen) atoms. The maximum atomic E-state index is 9.00. The highest BCUT2D eigenvalue weighted by molar-refractivity contribution is 5.63. The standard InChI is InChI=1S/C3H10N2.4C2H4O2/c1-3(5)2-4;4*1-2(3)4/h3H,2,4-5H2,1H3;4*1H3,(H,3,4)/t3-;;;;/m0..../s1. The van der Waals surface area contributed by atoms with Gasteiger partial charge >= 0.3 is 0 Å². The van der Waals surface area contributed by atoms with E-state index in [0.29, 0.717) is 6.54 Å². The van der Waals surface area contributed by atoms with Gasteiger partial charge in [-0.25, -0.2) is 0 Å². The van der Waals surface area contributed by atoms with Crippen molar-refractivity contribution < 1.29 is 39.6 Å². The van der Waals surface area contributed by atoms with E-state index in [9.17, 15) is 0 Å². The van der Waals surface area contributed by atoms with Crippen LogP contribution < -0.4 is 11.5 Å². The van der Waals surface area contributed by atoms with Gasteiger partial charge in [-0.1, -0.05) is 0 Å². The van der Waals surface area contributed by atoms with Gasteiger partial charge in [0.15, 0.2) is 0 Å². The van der Waals surface area contributed by atoms with Crippen LogP contribution in [0, 0.1) is 0 Å². The van der Waals surface area contributed by atoms with Crippen LogP contribution in [-0.2, 0) is 19.2 Å². The van der Waals surface area contributed by atoms with Crippen LogP contribution >= 0.6 is 0 Å². The monoisotopic (exact) mass is 314 g/mol. The van der Waals surface area contributed by atoms with Crippen molar-refractivity contribution in [1.82, 2.24) is 0 Å². The first-order valence-corrected chi connectivity index (χ1v) is 5.44. The van der Waals surface area contributed by atoms with E-state index < -0.39 is 23.9 Å². The zero-order valence-electron chi connectivity index (χ0n) is 12.9. The third kappa shape index (κ3) is 111000. The zero-order chi connectivity index (χ0) is 18.6. The lowest BCUT2D eigenvalue weighted by molar-refractivity contribution is -0.135. The summed E-state index contributed by atoms with van der Waals surface area (Å²) in [6.45, 7) is 6.79. The molecule has 0 bridgehead atoms. The van der Waals surface area contributed by atoms with E-state index in [1.807, 2.05) is 6.92 Å². The summed E-state index contributed by atoms with van der Waals surface area (Å²) in [4.78, 5) is 36.0. The van der Waals surface area contributed by atoms with Crippen LogP contribution in [0.1, 0.15) is 34.6 Å². The van der Waals surface area contributed by atoms with Gasteiger partial charge in [-0.3, -0.25) is 19.2 Å². The number of aliphatic carboxylic acids is 4. The minimum absolute atomic E-state index is 0.162. The molecular weight excluding hydrogens is 288 g/mol. The fourth-order valence-corrected chi connectivity index (χ4v) is 0. The van der Waals surface area contributed by atoms with Gasteiger partial charge in [0.2, 0.25) is 0 Å². The number of carboxylic acids is 4. The number of carboxylic acid groups (broad SMARTS) is 4. The molecule has 8 N–H and O–H groups in total. The molecule has 0 radical (unpaired) electrons. The highest BCUT2D eigenvalue weighted by Gasteiger charge is 1.79. The van der Waals surface area contributed by atoms with Gasteiger partial charge in [-0.05, 0) is 6.92 Å². The van der Waals surface area contributed by atoms with Crippen molar-refractivity contribution in [3.8, 4) is 0 Å². The van der Waals surface area contributed by atoms with Gasteiger partial charge in [0.05, 0.1) is 0 Å². The molecule has 0 aromatic rings. The Morgan fingerprint density at radius 3 is 0.810 bits per heavy atom. The van der Waals surface area contributed by atoms with E-state index in [2.05, 4.69) is 0 Å². The minimum atomic E-state index is -0.833. The van der Waals surface area contributed by atoms with Gasteiger partial charge in [-0.2, -0.15) is 0 Å². The molecule has 0 amide bonds. The van der Waals surface area contributed by atoms with Crippen LogP contribution in [-0.4, -0.2) is 56.9 Å². The van der Waals surface area contributed by atoms with E-state index in [1.54, 1.807) is 0 Å². The highest BCUT2D eigenvalue weighted by atomic mass is 16.4. The lowest BCUT2D eigenvalue weighted by atomic mass is 10.4. The molecule has 1 atom stereocenters. The fourth-order valence-electron chi connectivity index (χ4n) is 0. The van der Waals surface area contributed by atoms with E-state index in [0.717, 1.165) is 27.7 Å². The molecule has 0 heterocycles. The second-order valence-electron chi connectivity index (χ2n) is 3.29. The van der Waals surface area contributed by atoms with E-state index >= 15 is 0 Å². The zero-order valence-corrected chi connectivity index (χ0v) is 12.9. The topological polar surface area (TPSA) is 201 Å². The van der Waals surface area contributed by atoms with Gasteiger partial charge in [0.1, 0.15) is 0 Å². The van der Waals surface area contributed by atoms with E-state index in [-0.39, 0.29) is 6.04 Å². The average Bonchev–Trinajstić information content (AvgIpc) is 2.13. The van der Waals surface area contributed by atoms with E-state index in [1.165, 1.54) is 0 Å². The first kappa shape index (κ1) is 31.3. The van der Waals surface area contributed by atoms with Crippen molar-refractivity contribution in [2.24, 2.45) is 11.5 Å². The molecule has 128 valence electrons. The summed E-state index contributed by atoms with van der Waals surface area (Å²) in [5.41, 5.74) is 10.2. The Bertz CT molecular complexity index is 215. The molecular formula is C11H26N2O8. The molecule has 10 heteroatoms. The van der Waals surface area contributed by atoms with Crippen molar-refractivity contribution in [2.45, 2.75) is 40.7 Å². The number of carbonyl (C=O) groups is 4. The summed E-state index contributed by atoms with van der Waals surface area (Å²) >= 11 is 0. The molecule has 0 aliphatic rings. The minimum Gasteiger partial charge on any atom is -0.481 e. The molecule has 0 fully saturated rings. The number of nitrogens with two attached hydrogens (primary N) is 2. The number of rotatable bonds is 1. The van der Waals surface area contributed by atoms with Crippen molar-refractivity contribution in [3.05, 3.63) is 0 Å². The number of hydrogen-bond acceptors (Lipinski definition) is 6. The Morgan fingerprint density at radius 2 is 0.810 bits per heavy atom. The molecule has 0 rings (SSSR count). The van der Waals surface area contributed by atoms with Gasteiger partial charge < -0.3 is 31.9 Å². The second kappa shape index (κ2) is 26.4. The predicted octanol–water partition coefficient (Wildman–Crippen LogP) is -0.344.